The highest BCUT2D eigenvalue weighted by Gasteiger charge is 2.37. The van der Waals surface area contributed by atoms with Crippen molar-refractivity contribution in [2.75, 3.05) is 19.7 Å². The molecule has 1 fully saturated rings. The number of hydrogen-bond donors (Lipinski definition) is 2. The molecule has 0 bridgehead atoms. The van der Waals surface area contributed by atoms with E-state index < -0.39 is 0 Å². The Morgan fingerprint density at radius 3 is 2.67 bits per heavy atom. The number of epoxide rings is 1. The van der Waals surface area contributed by atoms with Crippen molar-refractivity contribution in [2.45, 2.75) is 57.7 Å². The Hall–Kier alpha value is -0.120. The summed E-state index contributed by atoms with van der Waals surface area (Å²) < 4.78 is 5.53. The van der Waals surface area contributed by atoms with E-state index in [2.05, 4.69) is 12.2 Å². The number of hydrogen-bond acceptors (Lipinski definition) is 3. The van der Waals surface area contributed by atoms with Crippen LogP contribution in [0.1, 0.15) is 45.4 Å². The van der Waals surface area contributed by atoms with E-state index in [1.54, 1.807) is 0 Å². The summed E-state index contributed by atoms with van der Waals surface area (Å²) in [5.41, 5.74) is 0. The summed E-state index contributed by atoms with van der Waals surface area (Å²) >= 11 is 0. The van der Waals surface area contributed by atoms with Crippen LogP contribution in [0.3, 0.4) is 0 Å². The lowest BCUT2D eigenvalue weighted by Crippen LogP contribution is -2.23. The molecule has 0 aliphatic carbocycles. The normalized spacial score (nSPS) is 24.4. The number of aliphatic hydroxyl groups excluding tert-OH is 1. The molecule has 15 heavy (non-hydrogen) atoms. The van der Waals surface area contributed by atoms with Crippen LogP contribution < -0.4 is 5.32 Å². The summed E-state index contributed by atoms with van der Waals surface area (Å²) in [6.45, 7) is 4.05. The van der Waals surface area contributed by atoms with Crippen molar-refractivity contribution in [3.8, 4) is 0 Å². The maximum atomic E-state index is 8.59. The van der Waals surface area contributed by atoms with Crippen LogP contribution in [0, 0.1) is 0 Å². The van der Waals surface area contributed by atoms with Gasteiger partial charge in [0.15, 0.2) is 0 Å². The molecule has 1 rings (SSSR count). The van der Waals surface area contributed by atoms with Crippen LogP contribution in [0.2, 0.25) is 0 Å². The average Bonchev–Trinajstić information content (AvgIpc) is 2.97. The fraction of sp³-hybridized carbons (Fsp3) is 1.00. The van der Waals surface area contributed by atoms with E-state index in [4.69, 9.17) is 9.84 Å². The highest BCUT2D eigenvalue weighted by atomic mass is 16.6. The van der Waals surface area contributed by atoms with Crippen molar-refractivity contribution in [2.24, 2.45) is 0 Å². The van der Waals surface area contributed by atoms with Crippen LogP contribution in [-0.2, 0) is 4.74 Å². The fourth-order valence-electron chi connectivity index (χ4n) is 1.89. The van der Waals surface area contributed by atoms with E-state index in [0.717, 1.165) is 6.54 Å². The number of aliphatic hydroxyl groups is 1. The zero-order valence-corrected chi connectivity index (χ0v) is 9.87. The van der Waals surface area contributed by atoms with Gasteiger partial charge in [0.1, 0.15) is 0 Å². The van der Waals surface area contributed by atoms with Crippen LogP contribution >= 0.6 is 0 Å². The molecule has 0 saturated carbocycles. The number of nitrogens with one attached hydrogen (secondary N) is 1. The zero-order valence-electron chi connectivity index (χ0n) is 9.87. The van der Waals surface area contributed by atoms with Gasteiger partial charge >= 0.3 is 0 Å². The van der Waals surface area contributed by atoms with Gasteiger partial charge in [-0.2, -0.15) is 0 Å². The van der Waals surface area contributed by atoms with Crippen molar-refractivity contribution >= 4 is 0 Å². The van der Waals surface area contributed by atoms with Crippen LogP contribution in [0.5, 0.6) is 0 Å². The smallest absolute Gasteiger partial charge is 0.0965 e. The van der Waals surface area contributed by atoms with Gasteiger partial charge in [-0.25, -0.2) is 0 Å². The maximum Gasteiger partial charge on any atom is 0.0965 e. The second-order valence-electron chi connectivity index (χ2n) is 4.34. The quantitative estimate of drug-likeness (QED) is 0.430. The van der Waals surface area contributed by atoms with E-state index in [1.165, 1.54) is 38.5 Å². The first-order valence-electron chi connectivity index (χ1n) is 6.35. The minimum atomic E-state index is 0.217. The molecular formula is C12H25NO2. The van der Waals surface area contributed by atoms with Gasteiger partial charge in [-0.1, -0.05) is 39.0 Å². The third-order valence-electron chi connectivity index (χ3n) is 2.91. The number of ether oxygens (including phenoxy) is 1. The van der Waals surface area contributed by atoms with E-state index in [9.17, 15) is 0 Å². The molecule has 1 aliphatic rings. The average molecular weight is 215 g/mol. The van der Waals surface area contributed by atoms with Gasteiger partial charge in [-0.15, -0.1) is 0 Å². The number of rotatable bonds is 10. The number of unbranched alkanes of at least 4 members (excludes halogenated alkanes) is 4. The Labute approximate surface area is 93.2 Å². The maximum absolute atomic E-state index is 8.59. The molecule has 2 N–H and O–H groups in total. The largest absolute Gasteiger partial charge is 0.395 e. The van der Waals surface area contributed by atoms with Crippen LogP contribution in [0.25, 0.3) is 0 Å². The Morgan fingerprint density at radius 1 is 1.13 bits per heavy atom. The summed E-state index contributed by atoms with van der Waals surface area (Å²) in [7, 11) is 0. The Bertz CT molecular complexity index is 153. The molecule has 3 nitrogen and oxygen atoms in total. The predicted octanol–water partition coefficient (Wildman–Crippen LogP) is 1.70. The first-order valence-corrected chi connectivity index (χ1v) is 6.35. The molecule has 90 valence electrons. The van der Waals surface area contributed by atoms with Crippen molar-refractivity contribution in [1.82, 2.24) is 5.32 Å². The Balaban J connectivity index is 1.80. The Kier molecular flexibility index (Phi) is 6.98. The van der Waals surface area contributed by atoms with Crippen LogP contribution in [-0.4, -0.2) is 37.0 Å². The molecule has 0 amide bonds. The van der Waals surface area contributed by atoms with E-state index >= 15 is 0 Å². The molecule has 0 aromatic carbocycles. The summed E-state index contributed by atoms with van der Waals surface area (Å²) in [5.74, 6) is 0. The van der Waals surface area contributed by atoms with Gasteiger partial charge in [0.2, 0.25) is 0 Å². The van der Waals surface area contributed by atoms with Gasteiger partial charge in [0.05, 0.1) is 18.8 Å². The third-order valence-corrected chi connectivity index (χ3v) is 2.91. The van der Waals surface area contributed by atoms with Crippen molar-refractivity contribution in [1.29, 1.82) is 0 Å². The van der Waals surface area contributed by atoms with Crippen LogP contribution in [0.15, 0.2) is 0 Å². The van der Waals surface area contributed by atoms with Crippen molar-refractivity contribution in [3.05, 3.63) is 0 Å². The van der Waals surface area contributed by atoms with Gasteiger partial charge in [-0.05, 0) is 6.42 Å². The zero-order chi connectivity index (χ0) is 10.9. The summed E-state index contributed by atoms with van der Waals surface area (Å²) in [6.07, 6.45) is 8.85. The van der Waals surface area contributed by atoms with Crippen molar-refractivity contribution in [3.63, 3.8) is 0 Å². The molecule has 0 aromatic heterocycles. The summed E-state index contributed by atoms with van der Waals surface area (Å²) in [4.78, 5) is 0. The Morgan fingerprint density at radius 2 is 1.93 bits per heavy atom. The molecule has 1 saturated heterocycles. The lowest BCUT2D eigenvalue weighted by Gasteiger charge is -1.99. The summed E-state index contributed by atoms with van der Waals surface area (Å²) in [5, 5.41) is 11.7. The summed E-state index contributed by atoms with van der Waals surface area (Å²) in [6, 6.07) is 0. The molecule has 0 aromatic rings. The van der Waals surface area contributed by atoms with Crippen LogP contribution in [0.4, 0.5) is 0 Å². The molecule has 1 aliphatic heterocycles. The van der Waals surface area contributed by atoms with Gasteiger partial charge in [0, 0.05) is 13.1 Å². The second kappa shape index (κ2) is 8.08. The highest BCUT2D eigenvalue weighted by Crippen LogP contribution is 2.26. The molecule has 1 heterocycles. The lowest BCUT2D eigenvalue weighted by molar-refractivity contribution is 0.287. The SMILES string of the molecule is CCCCCCCC1OC1CNCCO. The van der Waals surface area contributed by atoms with E-state index in [-0.39, 0.29) is 6.61 Å². The monoisotopic (exact) mass is 215 g/mol. The molecule has 2 unspecified atom stereocenters. The second-order valence-corrected chi connectivity index (χ2v) is 4.34. The molecule has 3 heteroatoms. The molecule has 0 spiro atoms. The highest BCUT2D eigenvalue weighted by molar-refractivity contribution is 4.86. The molecule has 2 atom stereocenters. The standard InChI is InChI=1S/C12H25NO2/c1-2-3-4-5-6-7-11-12(15-11)10-13-8-9-14/h11-14H,2-10H2,1H3. The predicted molar refractivity (Wildman–Crippen MR) is 62.0 cm³/mol. The topological polar surface area (TPSA) is 44.8 Å². The first kappa shape index (κ1) is 12.9. The van der Waals surface area contributed by atoms with Gasteiger partial charge < -0.3 is 15.2 Å². The molecule has 0 radical (unpaired) electrons. The van der Waals surface area contributed by atoms with E-state index in [0.29, 0.717) is 18.8 Å². The first-order chi connectivity index (χ1) is 7.38. The lowest BCUT2D eigenvalue weighted by atomic mass is 10.1. The third kappa shape index (κ3) is 6.13. The fourth-order valence-corrected chi connectivity index (χ4v) is 1.89. The van der Waals surface area contributed by atoms with E-state index in [1.807, 2.05) is 0 Å². The van der Waals surface area contributed by atoms with Gasteiger partial charge in [-0.3, -0.25) is 0 Å². The van der Waals surface area contributed by atoms with Crippen molar-refractivity contribution < 1.29 is 9.84 Å². The minimum Gasteiger partial charge on any atom is -0.395 e. The minimum absolute atomic E-state index is 0.217. The molecular weight excluding hydrogens is 190 g/mol. The van der Waals surface area contributed by atoms with Gasteiger partial charge in [0.25, 0.3) is 0 Å².